The lowest BCUT2D eigenvalue weighted by atomic mass is 10.1. The molecule has 1 aromatic heterocycles. The van der Waals surface area contributed by atoms with E-state index in [0.29, 0.717) is 10.0 Å². The van der Waals surface area contributed by atoms with E-state index < -0.39 is 6.10 Å². The number of carbonyl (C=O) groups excluding carboxylic acids is 1. The first-order valence-electron chi connectivity index (χ1n) is 7.94. The number of carbonyl (C=O) groups is 1. The van der Waals surface area contributed by atoms with Gasteiger partial charge in [-0.15, -0.1) is 0 Å². The van der Waals surface area contributed by atoms with Crippen molar-refractivity contribution in [1.82, 2.24) is 9.55 Å². The second kappa shape index (κ2) is 9.24. The Balaban J connectivity index is 1.80. The molecule has 0 aliphatic heterocycles. The van der Waals surface area contributed by atoms with Crippen LogP contribution >= 0.6 is 55.1 Å². The van der Waals surface area contributed by atoms with Crippen LogP contribution in [0.15, 0.2) is 65.7 Å². The molecular weight excluding hydrogens is 519 g/mol. The van der Waals surface area contributed by atoms with Gasteiger partial charge >= 0.3 is 5.97 Å². The lowest BCUT2D eigenvalue weighted by molar-refractivity contribution is -0.149. The van der Waals surface area contributed by atoms with Gasteiger partial charge in [0.25, 0.3) is 0 Å². The molecule has 0 saturated heterocycles. The smallest absolute Gasteiger partial charge is 0.310 e. The number of benzene rings is 2. The van der Waals surface area contributed by atoms with E-state index in [2.05, 4.69) is 36.8 Å². The molecule has 2 atom stereocenters. The minimum atomic E-state index is -0.539. The minimum absolute atomic E-state index is 0.0908. The van der Waals surface area contributed by atoms with Gasteiger partial charge in [0.1, 0.15) is 4.95 Å². The Bertz CT molecular complexity index is 918. The van der Waals surface area contributed by atoms with E-state index in [1.165, 1.54) is 0 Å². The third-order valence-electron chi connectivity index (χ3n) is 3.85. The highest BCUT2D eigenvalue weighted by molar-refractivity contribution is 9.10. The standard InChI is InChI=1S/C19H14Br2Cl2N2O2/c20-14-4-2-13(3-5-14)18(19(21)25-8-7-24-11-25)27-17(26)10-12-1-6-15(22)16(23)9-12/h1-9,11,18-19H,10H2. The summed E-state index contributed by atoms with van der Waals surface area (Å²) in [6.45, 7) is 0. The van der Waals surface area contributed by atoms with Crippen LogP contribution in [0.25, 0.3) is 0 Å². The Kier molecular flexibility index (Phi) is 6.98. The molecule has 2 unspecified atom stereocenters. The van der Waals surface area contributed by atoms with Crippen LogP contribution in [-0.4, -0.2) is 15.5 Å². The van der Waals surface area contributed by atoms with Crippen LogP contribution in [0.4, 0.5) is 0 Å². The van der Waals surface area contributed by atoms with Gasteiger partial charge in [-0.2, -0.15) is 0 Å². The van der Waals surface area contributed by atoms with E-state index in [-0.39, 0.29) is 17.3 Å². The summed E-state index contributed by atoms with van der Waals surface area (Å²) in [5.41, 5.74) is 1.59. The van der Waals surface area contributed by atoms with E-state index in [9.17, 15) is 4.79 Å². The molecule has 0 saturated carbocycles. The molecule has 3 rings (SSSR count). The molecular formula is C19H14Br2Cl2N2O2. The van der Waals surface area contributed by atoms with Crippen molar-refractivity contribution in [3.8, 4) is 0 Å². The Labute approximate surface area is 183 Å². The first-order valence-corrected chi connectivity index (χ1v) is 10.4. The highest BCUT2D eigenvalue weighted by Gasteiger charge is 2.26. The van der Waals surface area contributed by atoms with Crippen LogP contribution in [0.3, 0.4) is 0 Å². The molecule has 27 heavy (non-hydrogen) atoms. The number of aromatic nitrogens is 2. The number of hydrogen-bond donors (Lipinski definition) is 0. The van der Waals surface area contributed by atoms with E-state index in [0.717, 1.165) is 15.6 Å². The van der Waals surface area contributed by atoms with Crippen LogP contribution in [-0.2, 0) is 16.0 Å². The van der Waals surface area contributed by atoms with E-state index in [1.807, 2.05) is 28.8 Å². The number of nitrogens with zero attached hydrogens (tertiary/aromatic N) is 2. The summed E-state index contributed by atoms with van der Waals surface area (Å²) in [7, 11) is 0. The Morgan fingerprint density at radius 3 is 2.52 bits per heavy atom. The van der Waals surface area contributed by atoms with Gasteiger partial charge in [-0.05, 0) is 35.4 Å². The van der Waals surface area contributed by atoms with Gasteiger partial charge in [-0.25, -0.2) is 4.98 Å². The molecule has 140 valence electrons. The summed E-state index contributed by atoms with van der Waals surface area (Å²) in [6, 6.07) is 12.7. The molecule has 0 fully saturated rings. The molecule has 0 bridgehead atoms. The summed E-state index contributed by atoms with van der Waals surface area (Å²) in [4.78, 5) is 16.3. The lowest BCUT2D eigenvalue weighted by Gasteiger charge is -2.24. The number of imidazole rings is 1. The van der Waals surface area contributed by atoms with E-state index in [1.54, 1.807) is 36.9 Å². The molecule has 0 N–H and O–H groups in total. The fourth-order valence-electron chi connectivity index (χ4n) is 2.51. The fourth-order valence-corrected chi connectivity index (χ4v) is 3.75. The predicted octanol–water partition coefficient (Wildman–Crippen LogP) is 6.37. The molecule has 0 aliphatic rings. The molecule has 3 aromatic rings. The van der Waals surface area contributed by atoms with Crippen molar-refractivity contribution in [2.45, 2.75) is 17.5 Å². The monoisotopic (exact) mass is 530 g/mol. The van der Waals surface area contributed by atoms with Crippen LogP contribution in [0.1, 0.15) is 22.2 Å². The Morgan fingerprint density at radius 2 is 1.89 bits per heavy atom. The van der Waals surface area contributed by atoms with Gasteiger partial charge in [0.05, 0.1) is 22.8 Å². The predicted molar refractivity (Wildman–Crippen MR) is 113 cm³/mol. The van der Waals surface area contributed by atoms with Gasteiger partial charge in [-0.3, -0.25) is 4.79 Å². The van der Waals surface area contributed by atoms with Crippen molar-refractivity contribution in [1.29, 1.82) is 0 Å². The largest absolute Gasteiger partial charge is 0.454 e. The summed E-state index contributed by atoms with van der Waals surface area (Å²) in [5, 5.41) is 0.852. The number of esters is 1. The number of hydrogen-bond acceptors (Lipinski definition) is 3. The summed E-state index contributed by atoms with van der Waals surface area (Å²) in [6.07, 6.45) is 4.69. The SMILES string of the molecule is O=C(Cc1ccc(Cl)c(Cl)c1)OC(c1ccc(Br)cc1)C(Br)n1ccnc1. The maximum atomic E-state index is 12.6. The number of halogens is 4. The number of alkyl halides is 1. The zero-order chi connectivity index (χ0) is 19.4. The molecule has 0 radical (unpaired) electrons. The number of rotatable bonds is 6. The molecule has 0 aliphatic carbocycles. The van der Waals surface area contributed by atoms with Gasteiger partial charge in [0.15, 0.2) is 6.10 Å². The molecule has 2 aromatic carbocycles. The second-order valence-electron chi connectivity index (χ2n) is 5.77. The lowest BCUT2D eigenvalue weighted by Crippen LogP contribution is -2.20. The average molecular weight is 533 g/mol. The van der Waals surface area contributed by atoms with Crippen molar-refractivity contribution in [2.75, 3.05) is 0 Å². The van der Waals surface area contributed by atoms with Gasteiger partial charge in [0.2, 0.25) is 0 Å². The second-order valence-corrected chi connectivity index (χ2v) is 8.44. The van der Waals surface area contributed by atoms with Crippen molar-refractivity contribution < 1.29 is 9.53 Å². The summed E-state index contributed by atoms with van der Waals surface area (Å²) < 4.78 is 8.59. The maximum absolute atomic E-state index is 12.6. The Morgan fingerprint density at radius 1 is 1.15 bits per heavy atom. The number of ether oxygens (including phenoxy) is 1. The van der Waals surface area contributed by atoms with Gasteiger partial charge in [0, 0.05) is 16.9 Å². The maximum Gasteiger partial charge on any atom is 0.310 e. The van der Waals surface area contributed by atoms with Crippen LogP contribution in [0.5, 0.6) is 0 Å². The highest BCUT2D eigenvalue weighted by Crippen LogP contribution is 2.35. The molecule has 0 spiro atoms. The Hall–Kier alpha value is -1.34. The third kappa shape index (κ3) is 5.35. The highest BCUT2D eigenvalue weighted by atomic mass is 79.9. The summed E-state index contributed by atoms with van der Waals surface area (Å²) >= 11 is 19.0. The quantitative estimate of drug-likeness (QED) is 0.273. The molecule has 4 nitrogen and oxygen atoms in total. The zero-order valence-corrected chi connectivity index (χ0v) is 18.5. The van der Waals surface area contributed by atoms with Gasteiger partial charge < -0.3 is 9.30 Å². The van der Waals surface area contributed by atoms with Crippen molar-refractivity contribution in [3.05, 3.63) is 86.8 Å². The first-order chi connectivity index (χ1) is 12.9. The van der Waals surface area contributed by atoms with Gasteiger partial charge in [-0.1, -0.05) is 73.3 Å². The first kappa shape index (κ1) is 20.4. The van der Waals surface area contributed by atoms with Crippen LogP contribution in [0, 0.1) is 0 Å². The third-order valence-corrected chi connectivity index (χ3v) is 6.07. The minimum Gasteiger partial charge on any atom is -0.454 e. The van der Waals surface area contributed by atoms with Crippen molar-refractivity contribution in [2.24, 2.45) is 0 Å². The zero-order valence-electron chi connectivity index (χ0n) is 13.9. The molecule has 1 heterocycles. The average Bonchev–Trinajstić information content (AvgIpc) is 3.18. The topological polar surface area (TPSA) is 44.1 Å². The van der Waals surface area contributed by atoms with Crippen LogP contribution in [0.2, 0.25) is 10.0 Å². The fraction of sp³-hybridized carbons (Fsp3) is 0.158. The van der Waals surface area contributed by atoms with Crippen LogP contribution < -0.4 is 0 Å². The molecule has 0 amide bonds. The van der Waals surface area contributed by atoms with E-state index in [4.69, 9.17) is 27.9 Å². The van der Waals surface area contributed by atoms with E-state index >= 15 is 0 Å². The van der Waals surface area contributed by atoms with Crippen molar-refractivity contribution in [3.63, 3.8) is 0 Å². The normalized spacial score (nSPS) is 13.2. The molecule has 8 heteroatoms. The van der Waals surface area contributed by atoms with Crippen molar-refractivity contribution >= 4 is 61.0 Å². The summed E-state index contributed by atoms with van der Waals surface area (Å²) in [5.74, 6) is -0.370.